The fraction of sp³-hybridized carbons (Fsp3) is 0.375. The molecule has 2 rings (SSSR count). The summed E-state index contributed by atoms with van der Waals surface area (Å²) < 4.78 is 1.52. The van der Waals surface area contributed by atoms with Crippen LogP contribution in [0.3, 0.4) is 0 Å². The zero-order valence-electron chi connectivity index (χ0n) is 9.82. The lowest BCUT2D eigenvalue weighted by molar-refractivity contribution is -0.113. The standard InChI is InChI=1S/C8H10N6OS4/c1-2-16-7-14-12-6(19-7)10-4(15)3-17-8-13-11-5(9)18-8/h2-3H2,1H3,(H2,9,11)(H,10,12,15). The Labute approximate surface area is 125 Å². The summed E-state index contributed by atoms with van der Waals surface area (Å²) in [7, 11) is 0. The van der Waals surface area contributed by atoms with Gasteiger partial charge in [0.1, 0.15) is 0 Å². The second kappa shape index (κ2) is 7.03. The third-order valence-electron chi connectivity index (χ3n) is 1.67. The van der Waals surface area contributed by atoms with E-state index in [0.29, 0.717) is 14.6 Å². The van der Waals surface area contributed by atoms with E-state index >= 15 is 0 Å². The van der Waals surface area contributed by atoms with Gasteiger partial charge in [0, 0.05) is 0 Å². The molecule has 7 nitrogen and oxygen atoms in total. The summed E-state index contributed by atoms with van der Waals surface area (Å²) in [6.07, 6.45) is 0. The zero-order chi connectivity index (χ0) is 13.7. The van der Waals surface area contributed by atoms with Gasteiger partial charge >= 0.3 is 0 Å². The van der Waals surface area contributed by atoms with Gasteiger partial charge in [0.15, 0.2) is 8.68 Å². The summed E-state index contributed by atoms with van der Waals surface area (Å²) in [6.45, 7) is 2.04. The first-order chi connectivity index (χ1) is 9.17. The molecular formula is C8H10N6OS4. The number of carbonyl (C=O) groups excluding carboxylic acids is 1. The average molecular weight is 334 g/mol. The van der Waals surface area contributed by atoms with E-state index in [1.165, 1.54) is 34.4 Å². The first-order valence-electron chi connectivity index (χ1n) is 5.15. The van der Waals surface area contributed by atoms with Crippen LogP contribution in [0.15, 0.2) is 8.68 Å². The molecular weight excluding hydrogens is 324 g/mol. The summed E-state index contributed by atoms with van der Waals surface area (Å²) in [5.74, 6) is 1.02. The minimum Gasteiger partial charge on any atom is -0.374 e. The second-order valence-corrected chi connectivity index (χ2v) is 7.77. The summed E-state index contributed by atoms with van der Waals surface area (Å²) in [6, 6.07) is 0. The van der Waals surface area contributed by atoms with Crippen molar-refractivity contribution in [3.05, 3.63) is 0 Å². The van der Waals surface area contributed by atoms with Crippen molar-refractivity contribution in [3.8, 4) is 0 Å². The molecule has 19 heavy (non-hydrogen) atoms. The number of amides is 1. The topological polar surface area (TPSA) is 107 Å². The molecule has 0 aliphatic rings. The Bertz CT molecular complexity index is 555. The molecule has 0 unspecified atom stereocenters. The molecule has 0 bridgehead atoms. The van der Waals surface area contributed by atoms with Gasteiger partial charge < -0.3 is 5.73 Å². The normalized spacial score (nSPS) is 10.6. The Balaban J connectivity index is 1.80. The van der Waals surface area contributed by atoms with Gasteiger partial charge in [-0.15, -0.1) is 20.4 Å². The molecule has 0 atom stereocenters. The van der Waals surface area contributed by atoms with Crippen molar-refractivity contribution in [2.24, 2.45) is 0 Å². The van der Waals surface area contributed by atoms with Gasteiger partial charge in [-0.2, -0.15) is 0 Å². The van der Waals surface area contributed by atoms with E-state index in [-0.39, 0.29) is 11.7 Å². The summed E-state index contributed by atoms with van der Waals surface area (Å²) in [5.41, 5.74) is 5.45. The van der Waals surface area contributed by atoms with Gasteiger partial charge in [0.05, 0.1) is 5.75 Å². The molecule has 0 aliphatic carbocycles. The van der Waals surface area contributed by atoms with E-state index in [1.54, 1.807) is 11.8 Å². The maximum Gasteiger partial charge on any atom is 0.236 e. The molecule has 0 aliphatic heterocycles. The van der Waals surface area contributed by atoms with Crippen LogP contribution in [0.4, 0.5) is 10.3 Å². The van der Waals surface area contributed by atoms with Crippen LogP contribution < -0.4 is 11.1 Å². The molecule has 0 radical (unpaired) electrons. The molecule has 1 amide bonds. The van der Waals surface area contributed by atoms with Crippen molar-refractivity contribution in [1.82, 2.24) is 20.4 Å². The Morgan fingerprint density at radius 1 is 1.21 bits per heavy atom. The lowest BCUT2D eigenvalue weighted by Gasteiger charge is -1.98. The minimum absolute atomic E-state index is 0.150. The molecule has 2 aromatic heterocycles. The van der Waals surface area contributed by atoms with E-state index in [0.717, 1.165) is 10.1 Å². The molecule has 0 fully saturated rings. The smallest absolute Gasteiger partial charge is 0.236 e. The first-order valence-corrected chi connectivity index (χ1v) is 8.75. The molecule has 2 aromatic rings. The van der Waals surface area contributed by atoms with Crippen LogP contribution in [0.5, 0.6) is 0 Å². The van der Waals surface area contributed by atoms with E-state index in [4.69, 9.17) is 5.73 Å². The monoisotopic (exact) mass is 334 g/mol. The number of nitrogens with zero attached hydrogens (tertiary/aromatic N) is 4. The molecule has 0 spiro atoms. The highest BCUT2D eigenvalue weighted by molar-refractivity contribution is 8.01. The highest BCUT2D eigenvalue weighted by Crippen LogP contribution is 2.26. The maximum atomic E-state index is 11.7. The Morgan fingerprint density at radius 2 is 1.95 bits per heavy atom. The average Bonchev–Trinajstić information content (AvgIpc) is 2.97. The Morgan fingerprint density at radius 3 is 2.63 bits per heavy atom. The fourth-order valence-corrected chi connectivity index (χ4v) is 4.10. The molecule has 2 heterocycles. The van der Waals surface area contributed by atoms with Gasteiger partial charge in [-0.1, -0.05) is 53.1 Å². The fourth-order valence-electron chi connectivity index (χ4n) is 1.00. The third-order valence-corrected chi connectivity index (χ3v) is 5.41. The van der Waals surface area contributed by atoms with Crippen LogP contribution in [0.25, 0.3) is 0 Å². The van der Waals surface area contributed by atoms with Crippen molar-refractivity contribution >= 4 is 62.4 Å². The Kier molecular flexibility index (Phi) is 5.36. The van der Waals surface area contributed by atoms with Crippen LogP contribution >= 0.6 is 46.2 Å². The van der Waals surface area contributed by atoms with E-state index in [2.05, 4.69) is 25.7 Å². The number of nitrogens with two attached hydrogens (primary N) is 1. The third kappa shape index (κ3) is 4.60. The van der Waals surface area contributed by atoms with Gasteiger partial charge in [0.25, 0.3) is 0 Å². The summed E-state index contributed by atoms with van der Waals surface area (Å²) >= 11 is 5.51. The van der Waals surface area contributed by atoms with Gasteiger partial charge in [-0.25, -0.2) is 0 Å². The molecule has 11 heteroatoms. The van der Waals surface area contributed by atoms with Gasteiger partial charge in [0.2, 0.25) is 16.2 Å². The van der Waals surface area contributed by atoms with E-state index in [1.807, 2.05) is 6.92 Å². The molecule has 102 valence electrons. The van der Waals surface area contributed by atoms with E-state index in [9.17, 15) is 4.79 Å². The number of thioether (sulfide) groups is 2. The van der Waals surface area contributed by atoms with E-state index < -0.39 is 0 Å². The number of hydrogen-bond donors (Lipinski definition) is 2. The largest absolute Gasteiger partial charge is 0.374 e. The van der Waals surface area contributed by atoms with Crippen molar-refractivity contribution in [2.45, 2.75) is 15.6 Å². The highest BCUT2D eigenvalue weighted by atomic mass is 32.2. The quantitative estimate of drug-likeness (QED) is 0.608. The number of rotatable bonds is 6. The predicted molar refractivity (Wildman–Crippen MR) is 80.0 cm³/mol. The van der Waals surface area contributed by atoms with Crippen molar-refractivity contribution in [3.63, 3.8) is 0 Å². The number of nitrogen functional groups attached to an aromatic ring is 1. The number of aromatic nitrogens is 4. The number of nitrogens with one attached hydrogen (secondary N) is 1. The van der Waals surface area contributed by atoms with Crippen molar-refractivity contribution in [2.75, 3.05) is 22.6 Å². The number of carbonyl (C=O) groups is 1. The SMILES string of the molecule is CCSc1nnc(NC(=O)CSc2nnc(N)s2)s1. The molecule has 3 N–H and O–H groups in total. The predicted octanol–water partition coefficient (Wildman–Crippen LogP) is 1.81. The van der Waals surface area contributed by atoms with Crippen molar-refractivity contribution in [1.29, 1.82) is 0 Å². The van der Waals surface area contributed by atoms with Crippen LogP contribution in [0.1, 0.15) is 6.92 Å². The lowest BCUT2D eigenvalue weighted by Crippen LogP contribution is -2.13. The van der Waals surface area contributed by atoms with Crippen LogP contribution in [-0.4, -0.2) is 37.8 Å². The van der Waals surface area contributed by atoms with Crippen LogP contribution in [-0.2, 0) is 4.79 Å². The number of hydrogen-bond acceptors (Lipinski definition) is 10. The van der Waals surface area contributed by atoms with Gasteiger partial charge in [-0.3, -0.25) is 10.1 Å². The summed E-state index contributed by atoms with van der Waals surface area (Å²) in [4.78, 5) is 11.7. The first kappa shape index (κ1) is 14.5. The minimum atomic E-state index is -0.150. The van der Waals surface area contributed by atoms with Crippen molar-refractivity contribution < 1.29 is 4.79 Å². The lowest BCUT2D eigenvalue weighted by atomic mass is 10.7. The highest BCUT2D eigenvalue weighted by Gasteiger charge is 2.10. The summed E-state index contributed by atoms with van der Waals surface area (Å²) in [5, 5.41) is 18.9. The van der Waals surface area contributed by atoms with Crippen LogP contribution in [0, 0.1) is 0 Å². The number of anilines is 2. The Hall–Kier alpha value is -0.910. The van der Waals surface area contributed by atoms with Gasteiger partial charge in [-0.05, 0) is 5.75 Å². The maximum absolute atomic E-state index is 11.7. The zero-order valence-corrected chi connectivity index (χ0v) is 13.1. The second-order valence-electron chi connectivity index (χ2n) is 3.05. The molecule has 0 saturated carbocycles. The van der Waals surface area contributed by atoms with Crippen LogP contribution in [0.2, 0.25) is 0 Å². The molecule has 0 saturated heterocycles. The molecule has 0 aromatic carbocycles.